The first-order chi connectivity index (χ1) is 4.20. The summed E-state index contributed by atoms with van der Waals surface area (Å²) in [4.78, 5) is 0. The van der Waals surface area contributed by atoms with Crippen LogP contribution in [0.25, 0.3) is 0 Å². The molecule has 0 unspecified atom stereocenters. The SMILES string of the molecule is Cc1ccc(F)c[n+]1C. The average Bonchev–Trinajstić information content (AvgIpc) is 1.80. The fraction of sp³-hybridized carbons (Fsp3) is 0.286. The van der Waals surface area contributed by atoms with Gasteiger partial charge in [0.1, 0.15) is 7.05 Å². The molecule has 0 N–H and O–H groups in total. The van der Waals surface area contributed by atoms with Crippen LogP contribution in [0, 0.1) is 12.7 Å². The minimum absolute atomic E-state index is 0.192. The highest BCUT2D eigenvalue weighted by Crippen LogP contribution is 1.92. The van der Waals surface area contributed by atoms with E-state index in [0.29, 0.717) is 0 Å². The zero-order chi connectivity index (χ0) is 6.85. The molecule has 1 heterocycles. The molecule has 1 aromatic rings. The van der Waals surface area contributed by atoms with Gasteiger partial charge in [-0.25, -0.2) is 8.96 Å². The van der Waals surface area contributed by atoms with Crippen LogP contribution in [0.1, 0.15) is 5.69 Å². The van der Waals surface area contributed by atoms with E-state index in [4.69, 9.17) is 0 Å². The van der Waals surface area contributed by atoms with Crippen LogP contribution in [-0.2, 0) is 7.05 Å². The highest BCUT2D eigenvalue weighted by Gasteiger charge is 1.99. The van der Waals surface area contributed by atoms with E-state index in [1.165, 1.54) is 12.3 Å². The minimum Gasteiger partial charge on any atom is -0.203 e. The molecule has 0 aliphatic carbocycles. The van der Waals surface area contributed by atoms with Gasteiger partial charge in [0.25, 0.3) is 0 Å². The van der Waals surface area contributed by atoms with Crippen molar-refractivity contribution in [3.05, 3.63) is 29.8 Å². The van der Waals surface area contributed by atoms with Crippen molar-refractivity contribution in [2.75, 3.05) is 0 Å². The van der Waals surface area contributed by atoms with Gasteiger partial charge in [-0.3, -0.25) is 0 Å². The smallest absolute Gasteiger partial charge is 0.203 e. The summed E-state index contributed by atoms with van der Waals surface area (Å²) in [6, 6.07) is 3.20. The van der Waals surface area contributed by atoms with Gasteiger partial charge in [0.2, 0.25) is 6.20 Å². The van der Waals surface area contributed by atoms with Gasteiger partial charge in [-0.1, -0.05) is 0 Å². The third kappa shape index (κ3) is 1.25. The molecule has 0 fully saturated rings. The van der Waals surface area contributed by atoms with Gasteiger partial charge in [0.15, 0.2) is 11.5 Å². The Morgan fingerprint density at radius 1 is 1.44 bits per heavy atom. The second-order valence-electron chi connectivity index (χ2n) is 2.10. The van der Waals surface area contributed by atoms with E-state index < -0.39 is 0 Å². The predicted octanol–water partition coefficient (Wildman–Crippen LogP) is 0.959. The molecule has 0 radical (unpaired) electrons. The Labute approximate surface area is 53.8 Å². The van der Waals surface area contributed by atoms with Crippen molar-refractivity contribution in [2.45, 2.75) is 6.92 Å². The van der Waals surface area contributed by atoms with Crippen molar-refractivity contribution < 1.29 is 8.96 Å². The first-order valence-corrected chi connectivity index (χ1v) is 2.82. The zero-order valence-corrected chi connectivity index (χ0v) is 5.56. The molecule has 0 aliphatic rings. The third-order valence-corrected chi connectivity index (χ3v) is 1.36. The molecule has 2 heteroatoms. The molecule has 48 valence electrons. The van der Waals surface area contributed by atoms with Crippen molar-refractivity contribution in [3.63, 3.8) is 0 Å². The monoisotopic (exact) mass is 126 g/mol. The van der Waals surface area contributed by atoms with Crippen molar-refractivity contribution in [3.8, 4) is 0 Å². The molecule has 1 nitrogen and oxygen atoms in total. The van der Waals surface area contributed by atoms with Crippen molar-refractivity contribution in [2.24, 2.45) is 7.05 Å². The summed E-state index contributed by atoms with van der Waals surface area (Å²) < 4.78 is 14.1. The normalized spacial score (nSPS) is 9.67. The molecule has 0 bridgehead atoms. The Morgan fingerprint density at radius 2 is 2.11 bits per heavy atom. The fourth-order valence-corrected chi connectivity index (χ4v) is 0.648. The topological polar surface area (TPSA) is 3.88 Å². The van der Waals surface area contributed by atoms with Crippen LogP contribution in [0.4, 0.5) is 4.39 Å². The number of nitrogens with zero attached hydrogens (tertiary/aromatic N) is 1. The summed E-state index contributed by atoms with van der Waals surface area (Å²) in [7, 11) is 1.82. The number of hydrogen-bond acceptors (Lipinski definition) is 0. The van der Waals surface area contributed by atoms with E-state index in [9.17, 15) is 4.39 Å². The summed E-state index contributed by atoms with van der Waals surface area (Å²) in [5, 5.41) is 0. The van der Waals surface area contributed by atoms with Gasteiger partial charge < -0.3 is 0 Å². The van der Waals surface area contributed by atoms with Crippen LogP contribution >= 0.6 is 0 Å². The Balaban J connectivity index is 3.17. The minimum atomic E-state index is -0.192. The number of pyridine rings is 1. The molecule has 0 aromatic carbocycles. The number of aryl methyl sites for hydroxylation is 2. The van der Waals surface area contributed by atoms with E-state index in [1.807, 2.05) is 14.0 Å². The number of halogens is 1. The molecule has 1 rings (SSSR count). The Bertz CT molecular complexity index is 220. The van der Waals surface area contributed by atoms with E-state index in [-0.39, 0.29) is 5.82 Å². The zero-order valence-electron chi connectivity index (χ0n) is 5.56. The van der Waals surface area contributed by atoms with Crippen LogP contribution in [-0.4, -0.2) is 0 Å². The van der Waals surface area contributed by atoms with Crippen molar-refractivity contribution in [1.82, 2.24) is 0 Å². The molecular formula is C7H9FN+. The molecule has 9 heavy (non-hydrogen) atoms. The van der Waals surface area contributed by atoms with Gasteiger partial charge in [-0.15, -0.1) is 0 Å². The molecule has 0 spiro atoms. The van der Waals surface area contributed by atoms with E-state index in [1.54, 1.807) is 10.6 Å². The summed E-state index contributed by atoms with van der Waals surface area (Å²) in [5.74, 6) is -0.192. The molecule has 0 saturated carbocycles. The van der Waals surface area contributed by atoms with Gasteiger partial charge in [-0.05, 0) is 6.07 Å². The van der Waals surface area contributed by atoms with Gasteiger partial charge in [-0.2, -0.15) is 0 Å². The van der Waals surface area contributed by atoms with Crippen LogP contribution in [0.2, 0.25) is 0 Å². The van der Waals surface area contributed by atoms with E-state index in [2.05, 4.69) is 0 Å². The largest absolute Gasteiger partial charge is 0.204 e. The van der Waals surface area contributed by atoms with E-state index in [0.717, 1.165) is 5.69 Å². The lowest BCUT2D eigenvalue weighted by molar-refractivity contribution is -0.679. The van der Waals surface area contributed by atoms with Gasteiger partial charge >= 0.3 is 0 Å². The maximum absolute atomic E-state index is 12.3. The summed E-state index contributed by atoms with van der Waals surface area (Å²) in [5.41, 5.74) is 1.05. The standard InChI is InChI=1S/C7H9FN/c1-6-3-4-7(8)5-9(6)2/h3-5H,1-2H3/q+1. The molecular weight excluding hydrogens is 117 g/mol. The Morgan fingerprint density at radius 3 is 2.56 bits per heavy atom. The van der Waals surface area contributed by atoms with Crippen LogP contribution in [0.3, 0.4) is 0 Å². The molecule has 0 saturated heterocycles. The van der Waals surface area contributed by atoms with Crippen LogP contribution < -0.4 is 4.57 Å². The lowest BCUT2D eigenvalue weighted by Gasteiger charge is -1.89. The fourth-order valence-electron chi connectivity index (χ4n) is 0.648. The van der Waals surface area contributed by atoms with Gasteiger partial charge in [0.05, 0.1) is 0 Å². The third-order valence-electron chi connectivity index (χ3n) is 1.36. The predicted molar refractivity (Wildman–Crippen MR) is 32.3 cm³/mol. The molecule has 0 amide bonds. The van der Waals surface area contributed by atoms with Crippen LogP contribution in [0.15, 0.2) is 18.3 Å². The van der Waals surface area contributed by atoms with Gasteiger partial charge in [0, 0.05) is 13.0 Å². The Kier molecular flexibility index (Phi) is 1.47. The summed E-state index contributed by atoms with van der Waals surface area (Å²) >= 11 is 0. The second-order valence-corrected chi connectivity index (χ2v) is 2.10. The Hall–Kier alpha value is -0.920. The quantitative estimate of drug-likeness (QED) is 0.456. The highest BCUT2D eigenvalue weighted by atomic mass is 19.1. The lowest BCUT2D eigenvalue weighted by Crippen LogP contribution is -2.31. The second kappa shape index (κ2) is 2.13. The van der Waals surface area contributed by atoms with Crippen molar-refractivity contribution >= 4 is 0 Å². The molecule has 1 aromatic heterocycles. The number of aromatic nitrogens is 1. The highest BCUT2D eigenvalue weighted by molar-refractivity contribution is 4.96. The van der Waals surface area contributed by atoms with E-state index >= 15 is 0 Å². The molecule has 0 aliphatic heterocycles. The number of rotatable bonds is 0. The first kappa shape index (κ1) is 6.20. The van der Waals surface area contributed by atoms with Crippen LogP contribution in [0.5, 0.6) is 0 Å². The lowest BCUT2D eigenvalue weighted by atomic mass is 10.4. The summed E-state index contributed by atoms with van der Waals surface area (Å²) in [6.45, 7) is 1.93. The molecule has 0 atom stereocenters. The summed E-state index contributed by atoms with van der Waals surface area (Å²) in [6.07, 6.45) is 1.45. The maximum Gasteiger partial charge on any atom is 0.204 e. The first-order valence-electron chi connectivity index (χ1n) is 2.82. The van der Waals surface area contributed by atoms with Crippen molar-refractivity contribution in [1.29, 1.82) is 0 Å². The average molecular weight is 126 g/mol. The maximum atomic E-state index is 12.3. The number of hydrogen-bond donors (Lipinski definition) is 0.